The quantitative estimate of drug-likeness (QED) is 0.679. The van der Waals surface area contributed by atoms with E-state index in [2.05, 4.69) is 9.97 Å². The van der Waals surface area contributed by atoms with Gasteiger partial charge < -0.3 is 9.84 Å². The van der Waals surface area contributed by atoms with Crippen LogP contribution in [0, 0.1) is 0 Å². The highest BCUT2D eigenvalue weighted by atomic mass is 35.5. The molecule has 18 heavy (non-hydrogen) atoms. The largest absolute Gasteiger partial charge is 0.505 e. The van der Waals surface area contributed by atoms with Crippen LogP contribution in [0.4, 0.5) is 0 Å². The zero-order valence-corrected chi connectivity index (χ0v) is 10.8. The molecule has 2 aromatic heterocycles. The summed E-state index contributed by atoms with van der Waals surface area (Å²) in [7, 11) is 0. The first kappa shape index (κ1) is 12.9. The molecule has 7 heteroatoms. The molecule has 0 bridgehead atoms. The van der Waals surface area contributed by atoms with Crippen molar-refractivity contribution in [3.05, 3.63) is 28.1 Å². The van der Waals surface area contributed by atoms with Gasteiger partial charge in [-0.2, -0.15) is 0 Å². The van der Waals surface area contributed by atoms with Gasteiger partial charge in [-0.25, -0.2) is 14.8 Å². The number of hydrogen-bond acceptors (Lipinski definition) is 5. The summed E-state index contributed by atoms with van der Waals surface area (Å²) in [6, 6.07) is 2.99. The molecule has 0 unspecified atom stereocenters. The lowest BCUT2D eigenvalue weighted by Gasteiger charge is -2.07. The fourth-order valence-electron chi connectivity index (χ4n) is 1.46. The van der Waals surface area contributed by atoms with Gasteiger partial charge in [0.2, 0.25) is 0 Å². The van der Waals surface area contributed by atoms with E-state index in [1.807, 2.05) is 0 Å². The van der Waals surface area contributed by atoms with Gasteiger partial charge in [-0.1, -0.05) is 23.2 Å². The van der Waals surface area contributed by atoms with E-state index in [0.29, 0.717) is 5.39 Å². The summed E-state index contributed by atoms with van der Waals surface area (Å²) in [5.41, 5.74) is -0.00631. The Labute approximate surface area is 112 Å². The molecule has 2 rings (SSSR count). The van der Waals surface area contributed by atoms with Crippen molar-refractivity contribution >= 4 is 40.1 Å². The van der Waals surface area contributed by atoms with Gasteiger partial charge in [0, 0.05) is 5.39 Å². The number of aromatic hydroxyl groups is 1. The average Bonchev–Trinajstić information content (AvgIpc) is 2.34. The van der Waals surface area contributed by atoms with Crippen molar-refractivity contribution in [3.63, 3.8) is 0 Å². The number of rotatable bonds is 2. The van der Waals surface area contributed by atoms with Crippen molar-refractivity contribution in [1.29, 1.82) is 0 Å². The maximum atomic E-state index is 11.6. The summed E-state index contributed by atoms with van der Waals surface area (Å²) >= 11 is 11.6. The summed E-state index contributed by atoms with van der Waals surface area (Å²) < 4.78 is 4.77. The van der Waals surface area contributed by atoms with Gasteiger partial charge in [0.1, 0.15) is 10.7 Å². The van der Waals surface area contributed by atoms with E-state index in [0.717, 1.165) is 0 Å². The first-order valence-electron chi connectivity index (χ1n) is 5.06. The van der Waals surface area contributed by atoms with E-state index < -0.39 is 5.97 Å². The van der Waals surface area contributed by atoms with Gasteiger partial charge in [-0.15, -0.1) is 0 Å². The van der Waals surface area contributed by atoms with Gasteiger partial charge >= 0.3 is 5.97 Å². The SMILES string of the molecule is CCOC(=O)c1nc(Cl)c2nc(Cl)ccc2c1O. The van der Waals surface area contributed by atoms with Crippen molar-refractivity contribution in [3.8, 4) is 5.75 Å². The molecule has 0 saturated carbocycles. The van der Waals surface area contributed by atoms with E-state index in [1.54, 1.807) is 6.92 Å². The van der Waals surface area contributed by atoms with E-state index in [9.17, 15) is 9.90 Å². The number of pyridine rings is 2. The Morgan fingerprint density at radius 1 is 1.39 bits per heavy atom. The monoisotopic (exact) mass is 286 g/mol. The molecule has 0 atom stereocenters. The van der Waals surface area contributed by atoms with Gasteiger partial charge in [0.15, 0.2) is 16.6 Å². The molecule has 2 heterocycles. The van der Waals surface area contributed by atoms with Crippen LogP contribution in [-0.4, -0.2) is 27.7 Å². The predicted molar refractivity (Wildman–Crippen MR) is 67.2 cm³/mol. The Morgan fingerprint density at radius 3 is 2.78 bits per heavy atom. The molecule has 94 valence electrons. The van der Waals surface area contributed by atoms with Crippen LogP contribution < -0.4 is 0 Å². The minimum Gasteiger partial charge on any atom is -0.505 e. The molecule has 2 aromatic rings. The summed E-state index contributed by atoms with van der Waals surface area (Å²) in [6.07, 6.45) is 0. The normalized spacial score (nSPS) is 10.6. The Morgan fingerprint density at radius 2 is 2.11 bits per heavy atom. The second-order valence-corrected chi connectivity index (χ2v) is 4.10. The molecule has 0 saturated heterocycles. The van der Waals surface area contributed by atoms with Crippen LogP contribution in [0.25, 0.3) is 10.9 Å². The second kappa shape index (κ2) is 4.96. The Hall–Kier alpha value is -1.59. The molecule has 0 aliphatic heterocycles. The first-order chi connectivity index (χ1) is 8.54. The number of esters is 1. The highest BCUT2D eigenvalue weighted by Crippen LogP contribution is 2.31. The lowest BCUT2D eigenvalue weighted by molar-refractivity contribution is 0.0516. The summed E-state index contributed by atoms with van der Waals surface area (Å²) in [6.45, 7) is 1.83. The van der Waals surface area contributed by atoms with Crippen LogP contribution in [0.3, 0.4) is 0 Å². The van der Waals surface area contributed by atoms with Crippen molar-refractivity contribution in [2.75, 3.05) is 6.61 Å². The smallest absolute Gasteiger partial charge is 0.360 e. The van der Waals surface area contributed by atoms with Crippen molar-refractivity contribution in [2.24, 2.45) is 0 Å². The minimum atomic E-state index is -0.742. The molecular weight excluding hydrogens is 279 g/mol. The topological polar surface area (TPSA) is 72.3 Å². The van der Waals surface area contributed by atoms with Crippen molar-refractivity contribution in [1.82, 2.24) is 9.97 Å². The molecule has 0 spiro atoms. The average molecular weight is 287 g/mol. The minimum absolute atomic E-state index is 0.0200. The lowest BCUT2D eigenvalue weighted by atomic mass is 10.2. The molecule has 0 aliphatic carbocycles. The number of ether oxygens (including phenoxy) is 1. The molecule has 0 radical (unpaired) electrons. The third-order valence-electron chi connectivity index (χ3n) is 2.21. The molecule has 5 nitrogen and oxygen atoms in total. The number of aromatic nitrogens is 2. The van der Waals surface area contributed by atoms with E-state index in [1.165, 1.54) is 12.1 Å². The van der Waals surface area contributed by atoms with Crippen molar-refractivity contribution in [2.45, 2.75) is 6.92 Å². The summed E-state index contributed by atoms with van der Waals surface area (Å²) in [5, 5.41) is 10.4. The maximum absolute atomic E-state index is 11.6. The fraction of sp³-hybridized carbons (Fsp3) is 0.182. The van der Waals surface area contributed by atoms with E-state index >= 15 is 0 Å². The lowest BCUT2D eigenvalue weighted by Crippen LogP contribution is -2.08. The van der Waals surface area contributed by atoms with Crippen LogP contribution in [0.15, 0.2) is 12.1 Å². The number of carbonyl (C=O) groups is 1. The highest BCUT2D eigenvalue weighted by molar-refractivity contribution is 6.35. The van der Waals surface area contributed by atoms with Crippen LogP contribution in [-0.2, 0) is 4.74 Å². The third kappa shape index (κ3) is 2.19. The number of hydrogen-bond donors (Lipinski definition) is 1. The van der Waals surface area contributed by atoms with Crippen LogP contribution in [0.5, 0.6) is 5.75 Å². The van der Waals surface area contributed by atoms with E-state index in [-0.39, 0.29) is 33.9 Å². The van der Waals surface area contributed by atoms with Gasteiger partial charge in [-0.3, -0.25) is 0 Å². The number of carbonyl (C=O) groups excluding carboxylic acids is 1. The van der Waals surface area contributed by atoms with Gasteiger partial charge in [0.05, 0.1) is 6.61 Å². The Bertz CT molecular complexity index is 631. The number of fused-ring (bicyclic) bond motifs is 1. The zero-order valence-electron chi connectivity index (χ0n) is 9.28. The molecule has 1 N–H and O–H groups in total. The molecule has 0 aliphatic rings. The van der Waals surface area contributed by atoms with Crippen molar-refractivity contribution < 1.29 is 14.6 Å². The van der Waals surface area contributed by atoms with Gasteiger partial charge in [-0.05, 0) is 19.1 Å². The summed E-state index contributed by atoms with van der Waals surface area (Å²) in [5.74, 6) is -1.06. The molecule has 0 fully saturated rings. The Balaban J connectivity index is 2.69. The van der Waals surface area contributed by atoms with Crippen LogP contribution in [0.2, 0.25) is 10.3 Å². The third-order valence-corrected chi connectivity index (χ3v) is 2.69. The Kier molecular flexibility index (Phi) is 3.54. The molecule has 0 aromatic carbocycles. The van der Waals surface area contributed by atoms with Crippen LogP contribution >= 0.6 is 23.2 Å². The predicted octanol–water partition coefficient (Wildman–Crippen LogP) is 2.82. The summed E-state index contributed by atoms with van der Waals surface area (Å²) in [4.78, 5) is 19.3. The van der Waals surface area contributed by atoms with Gasteiger partial charge in [0.25, 0.3) is 0 Å². The second-order valence-electron chi connectivity index (χ2n) is 3.35. The van der Waals surface area contributed by atoms with Crippen LogP contribution in [0.1, 0.15) is 17.4 Å². The first-order valence-corrected chi connectivity index (χ1v) is 5.82. The molecule has 0 amide bonds. The standard InChI is InChI=1S/C11H8Cl2N2O3/c1-2-18-11(17)8-9(16)5-3-4-6(12)14-7(5)10(13)15-8/h3-4,16H,2H2,1H3. The fourth-order valence-corrected chi connectivity index (χ4v) is 1.83. The number of nitrogens with zero attached hydrogens (tertiary/aromatic N) is 2. The maximum Gasteiger partial charge on any atom is 0.360 e. The highest BCUT2D eigenvalue weighted by Gasteiger charge is 2.20. The zero-order chi connectivity index (χ0) is 13.3. The molecular formula is C11H8Cl2N2O3. The van der Waals surface area contributed by atoms with E-state index in [4.69, 9.17) is 27.9 Å². The number of halogens is 2.